The summed E-state index contributed by atoms with van der Waals surface area (Å²) >= 11 is 0. The van der Waals surface area contributed by atoms with E-state index in [0.717, 1.165) is 6.54 Å². The van der Waals surface area contributed by atoms with Crippen molar-refractivity contribution in [2.45, 2.75) is 39.8 Å². The van der Waals surface area contributed by atoms with Crippen LogP contribution in [0.25, 0.3) is 0 Å². The zero-order chi connectivity index (χ0) is 10.4. The average molecular weight is 185 g/mol. The molecule has 0 aliphatic carbocycles. The summed E-state index contributed by atoms with van der Waals surface area (Å²) in [5.74, 6) is 0. The van der Waals surface area contributed by atoms with E-state index in [9.17, 15) is 0 Å². The molecule has 0 heterocycles. The van der Waals surface area contributed by atoms with Gasteiger partial charge in [-0.05, 0) is 33.8 Å². The molecule has 0 fully saturated rings. The van der Waals surface area contributed by atoms with Crippen LogP contribution >= 0.6 is 0 Å². The molecule has 0 aliphatic heterocycles. The van der Waals surface area contributed by atoms with Crippen LogP contribution in [0.15, 0.2) is 12.3 Å². The van der Waals surface area contributed by atoms with Crippen molar-refractivity contribution in [3.8, 4) is 0 Å². The number of nitrogens with zero attached hydrogens (tertiary/aromatic N) is 1. The zero-order valence-electron chi connectivity index (χ0n) is 9.96. The third-order valence-electron chi connectivity index (χ3n) is 2.09. The SMILES string of the molecule is CC(C)N(C/C=C/[NH+](C)C)C(C)C. The lowest BCUT2D eigenvalue weighted by molar-refractivity contribution is -0.801. The van der Waals surface area contributed by atoms with Crippen LogP contribution in [-0.4, -0.2) is 37.6 Å². The Kier molecular flexibility index (Phi) is 6.00. The van der Waals surface area contributed by atoms with Crippen molar-refractivity contribution < 1.29 is 4.90 Å². The first-order chi connectivity index (χ1) is 5.95. The first kappa shape index (κ1) is 12.7. The standard InChI is InChI=1S/C11H24N2/c1-10(2)13(11(3)4)9-7-8-12(5)6/h7-8,10-11H,9H2,1-6H3/p+1/b8-7+. The van der Waals surface area contributed by atoms with E-state index in [1.807, 2.05) is 0 Å². The maximum atomic E-state index is 2.47. The Morgan fingerprint density at radius 3 is 1.85 bits per heavy atom. The van der Waals surface area contributed by atoms with Gasteiger partial charge in [-0.3, -0.25) is 4.90 Å². The minimum absolute atomic E-state index is 0.627. The van der Waals surface area contributed by atoms with E-state index >= 15 is 0 Å². The lowest BCUT2D eigenvalue weighted by Crippen LogP contribution is -3.00. The topological polar surface area (TPSA) is 7.68 Å². The van der Waals surface area contributed by atoms with Gasteiger partial charge in [-0.2, -0.15) is 0 Å². The van der Waals surface area contributed by atoms with Crippen LogP contribution in [0.4, 0.5) is 0 Å². The Labute approximate surface area is 83.2 Å². The third kappa shape index (κ3) is 5.83. The fraction of sp³-hybridized carbons (Fsp3) is 0.818. The van der Waals surface area contributed by atoms with Gasteiger partial charge in [-0.1, -0.05) is 0 Å². The van der Waals surface area contributed by atoms with E-state index in [-0.39, 0.29) is 0 Å². The molecule has 78 valence electrons. The highest BCUT2D eigenvalue weighted by atomic mass is 15.2. The number of hydrogen-bond donors (Lipinski definition) is 1. The van der Waals surface area contributed by atoms with E-state index in [2.05, 4.69) is 59.0 Å². The summed E-state index contributed by atoms with van der Waals surface area (Å²) in [5.41, 5.74) is 0. The summed E-state index contributed by atoms with van der Waals surface area (Å²) in [5, 5.41) is 0. The summed E-state index contributed by atoms with van der Waals surface area (Å²) in [6.45, 7) is 10.0. The highest BCUT2D eigenvalue weighted by molar-refractivity contribution is 4.80. The fourth-order valence-corrected chi connectivity index (χ4v) is 1.43. The third-order valence-corrected chi connectivity index (χ3v) is 2.09. The quantitative estimate of drug-likeness (QED) is 0.664. The van der Waals surface area contributed by atoms with Gasteiger partial charge < -0.3 is 4.90 Å². The molecular formula is C11H25N2+. The second-order valence-electron chi connectivity index (χ2n) is 4.36. The zero-order valence-corrected chi connectivity index (χ0v) is 9.96. The molecule has 0 bridgehead atoms. The Morgan fingerprint density at radius 1 is 1.08 bits per heavy atom. The van der Waals surface area contributed by atoms with E-state index in [1.165, 1.54) is 4.90 Å². The Hall–Kier alpha value is -0.340. The summed E-state index contributed by atoms with van der Waals surface area (Å²) in [7, 11) is 4.26. The molecule has 0 aromatic carbocycles. The molecule has 0 rings (SSSR count). The molecule has 0 saturated carbocycles. The monoisotopic (exact) mass is 185 g/mol. The molecule has 0 amide bonds. The van der Waals surface area contributed by atoms with Crippen LogP contribution in [0.2, 0.25) is 0 Å². The predicted octanol–water partition coefficient (Wildman–Crippen LogP) is 0.763. The van der Waals surface area contributed by atoms with Gasteiger partial charge in [-0.25, -0.2) is 0 Å². The van der Waals surface area contributed by atoms with Gasteiger partial charge in [0.25, 0.3) is 0 Å². The highest BCUT2D eigenvalue weighted by Crippen LogP contribution is 2.03. The molecule has 13 heavy (non-hydrogen) atoms. The molecule has 1 N–H and O–H groups in total. The van der Waals surface area contributed by atoms with Crippen molar-refractivity contribution in [2.24, 2.45) is 0 Å². The Bertz CT molecular complexity index is 140. The second kappa shape index (κ2) is 6.17. The smallest absolute Gasteiger partial charge is 0.0910 e. The molecule has 0 atom stereocenters. The first-order valence-electron chi connectivity index (χ1n) is 5.17. The number of hydrogen-bond acceptors (Lipinski definition) is 1. The van der Waals surface area contributed by atoms with Crippen molar-refractivity contribution >= 4 is 0 Å². The molecule has 0 aliphatic rings. The fourth-order valence-electron chi connectivity index (χ4n) is 1.43. The Balaban J connectivity index is 3.97. The average Bonchev–Trinajstić information content (AvgIpc) is 1.95. The van der Waals surface area contributed by atoms with Gasteiger partial charge in [0.1, 0.15) is 0 Å². The van der Waals surface area contributed by atoms with Crippen molar-refractivity contribution in [3.05, 3.63) is 12.3 Å². The molecule has 2 heteroatoms. The normalized spacial score (nSPS) is 13.1. The second-order valence-corrected chi connectivity index (χ2v) is 4.36. The minimum atomic E-state index is 0.627. The molecule has 0 saturated heterocycles. The van der Waals surface area contributed by atoms with Crippen molar-refractivity contribution in [1.82, 2.24) is 4.90 Å². The summed E-state index contributed by atoms with van der Waals surface area (Å²) < 4.78 is 0. The van der Waals surface area contributed by atoms with Crippen LogP contribution in [0.3, 0.4) is 0 Å². The van der Waals surface area contributed by atoms with Crippen molar-refractivity contribution in [2.75, 3.05) is 20.6 Å². The maximum absolute atomic E-state index is 2.47. The van der Waals surface area contributed by atoms with Gasteiger partial charge >= 0.3 is 0 Å². The van der Waals surface area contributed by atoms with Crippen molar-refractivity contribution in [3.63, 3.8) is 0 Å². The van der Waals surface area contributed by atoms with Gasteiger partial charge in [0, 0.05) is 18.6 Å². The molecule has 0 spiro atoms. The van der Waals surface area contributed by atoms with Crippen LogP contribution in [0.5, 0.6) is 0 Å². The van der Waals surface area contributed by atoms with Gasteiger partial charge in [0.05, 0.1) is 20.3 Å². The van der Waals surface area contributed by atoms with Crippen molar-refractivity contribution in [1.29, 1.82) is 0 Å². The van der Waals surface area contributed by atoms with E-state index in [1.54, 1.807) is 0 Å². The molecule has 0 radical (unpaired) electrons. The molecular weight excluding hydrogens is 160 g/mol. The van der Waals surface area contributed by atoms with Gasteiger partial charge in [0.2, 0.25) is 0 Å². The largest absolute Gasteiger partial charge is 0.314 e. The number of rotatable bonds is 5. The molecule has 2 nitrogen and oxygen atoms in total. The van der Waals surface area contributed by atoms with E-state index < -0.39 is 0 Å². The van der Waals surface area contributed by atoms with Crippen LogP contribution in [0, 0.1) is 0 Å². The molecule has 0 unspecified atom stereocenters. The highest BCUT2D eigenvalue weighted by Gasteiger charge is 2.10. The maximum Gasteiger partial charge on any atom is 0.0910 e. The van der Waals surface area contributed by atoms with E-state index in [4.69, 9.17) is 0 Å². The first-order valence-corrected chi connectivity index (χ1v) is 5.17. The lowest BCUT2D eigenvalue weighted by Gasteiger charge is -2.28. The summed E-state index contributed by atoms with van der Waals surface area (Å²) in [4.78, 5) is 3.84. The predicted molar refractivity (Wildman–Crippen MR) is 58.9 cm³/mol. The lowest BCUT2D eigenvalue weighted by atomic mass is 10.2. The van der Waals surface area contributed by atoms with Gasteiger partial charge in [0.15, 0.2) is 0 Å². The van der Waals surface area contributed by atoms with E-state index in [0.29, 0.717) is 12.1 Å². The summed E-state index contributed by atoms with van der Waals surface area (Å²) in [6.07, 6.45) is 4.44. The molecule has 0 aromatic rings. The van der Waals surface area contributed by atoms with Crippen LogP contribution in [-0.2, 0) is 0 Å². The Morgan fingerprint density at radius 2 is 1.54 bits per heavy atom. The summed E-state index contributed by atoms with van der Waals surface area (Å²) in [6, 6.07) is 1.25. The number of quaternary nitrogens is 1. The molecule has 0 aromatic heterocycles. The van der Waals surface area contributed by atoms with Crippen LogP contribution < -0.4 is 4.90 Å². The van der Waals surface area contributed by atoms with Gasteiger partial charge in [-0.15, -0.1) is 0 Å². The van der Waals surface area contributed by atoms with Crippen LogP contribution in [0.1, 0.15) is 27.7 Å². The number of nitrogens with one attached hydrogen (secondary N) is 1. The minimum Gasteiger partial charge on any atom is -0.314 e.